The van der Waals surface area contributed by atoms with Gasteiger partial charge in [0.05, 0.1) is 4.90 Å². The maximum Gasteiger partial charge on any atom is 0.243 e. The Morgan fingerprint density at radius 3 is 2.60 bits per heavy atom. The van der Waals surface area contributed by atoms with Gasteiger partial charge in [-0.15, -0.1) is 6.58 Å². The first-order valence-corrected chi connectivity index (χ1v) is 9.17. The van der Waals surface area contributed by atoms with Gasteiger partial charge in [-0.2, -0.15) is 4.31 Å². The summed E-state index contributed by atoms with van der Waals surface area (Å²) < 4.78 is 28.1. The summed E-state index contributed by atoms with van der Waals surface area (Å²) in [5, 5.41) is 0. The molecule has 0 amide bonds. The number of rotatable bonds is 5. The van der Waals surface area contributed by atoms with E-state index in [1.807, 2.05) is 6.07 Å². The molecule has 2 rings (SSSR count). The van der Waals surface area contributed by atoms with Crippen LogP contribution < -0.4 is 0 Å². The smallest absolute Gasteiger partial charge is 0.207 e. The Bertz CT molecular complexity index is 565. The molecule has 0 atom stereocenters. The van der Waals surface area contributed by atoms with Crippen LogP contribution in [0.1, 0.15) is 32.1 Å². The molecule has 0 aliphatic heterocycles. The van der Waals surface area contributed by atoms with Gasteiger partial charge in [0.15, 0.2) is 0 Å². The molecule has 0 radical (unpaired) electrons. The van der Waals surface area contributed by atoms with Crippen LogP contribution in [0.2, 0.25) is 0 Å². The van der Waals surface area contributed by atoms with Gasteiger partial charge in [0.1, 0.15) is 0 Å². The molecule has 0 bridgehead atoms. The fourth-order valence-electron chi connectivity index (χ4n) is 2.70. The van der Waals surface area contributed by atoms with Crippen LogP contribution in [-0.2, 0) is 10.0 Å². The normalized spacial score (nSPS) is 17.3. The summed E-state index contributed by atoms with van der Waals surface area (Å²) in [5.74, 6) is 0. The van der Waals surface area contributed by atoms with Crippen molar-refractivity contribution in [3.63, 3.8) is 0 Å². The maximum absolute atomic E-state index is 12.8. The van der Waals surface area contributed by atoms with E-state index in [1.165, 1.54) is 6.42 Å². The fraction of sp³-hybridized carbons (Fsp3) is 0.467. The second-order valence-electron chi connectivity index (χ2n) is 5.11. The van der Waals surface area contributed by atoms with Gasteiger partial charge in [0.2, 0.25) is 10.0 Å². The molecular weight excluding hydrogens is 338 g/mol. The van der Waals surface area contributed by atoms with E-state index >= 15 is 0 Å². The van der Waals surface area contributed by atoms with Crippen molar-refractivity contribution >= 4 is 26.0 Å². The molecule has 1 saturated carbocycles. The molecule has 1 aromatic rings. The van der Waals surface area contributed by atoms with Gasteiger partial charge in [0, 0.05) is 17.1 Å². The van der Waals surface area contributed by atoms with Crippen molar-refractivity contribution in [2.45, 2.75) is 43.0 Å². The highest BCUT2D eigenvalue weighted by Gasteiger charge is 2.31. The Morgan fingerprint density at radius 2 is 2.00 bits per heavy atom. The molecule has 0 saturated heterocycles. The Hall–Kier alpha value is -0.650. The van der Waals surface area contributed by atoms with Crippen LogP contribution >= 0.6 is 15.9 Å². The van der Waals surface area contributed by atoms with E-state index in [-0.39, 0.29) is 6.04 Å². The maximum atomic E-state index is 12.8. The lowest BCUT2D eigenvalue weighted by molar-refractivity contribution is 0.269. The monoisotopic (exact) mass is 357 g/mol. The van der Waals surface area contributed by atoms with Crippen molar-refractivity contribution in [1.29, 1.82) is 0 Å². The second kappa shape index (κ2) is 6.87. The van der Waals surface area contributed by atoms with Crippen molar-refractivity contribution in [2.24, 2.45) is 0 Å². The van der Waals surface area contributed by atoms with E-state index in [2.05, 4.69) is 22.5 Å². The molecule has 1 aliphatic carbocycles. The second-order valence-corrected chi connectivity index (χ2v) is 7.92. The molecule has 20 heavy (non-hydrogen) atoms. The van der Waals surface area contributed by atoms with Gasteiger partial charge in [-0.1, -0.05) is 47.3 Å². The lowest BCUT2D eigenvalue weighted by Crippen LogP contribution is -2.41. The summed E-state index contributed by atoms with van der Waals surface area (Å²) >= 11 is 3.34. The van der Waals surface area contributed by atoms with E-state index < -0.39 is 10.0 Å². The van der Waals surface area contributed by atoms with Gasteiger partial charge in [-0.05, 0) is 31.0 Å². The van der Waals surface area contributed by atoms with E-state index in [4.69, 9.17) is 0 Å². The average molecular weight is 358 g/mol. The van der Waals surface area contributed by atoms with Crippen molar-refractivity contribution in [2.75, 3.05) is 6.54 Å². The largest absolute Gasteiger partial charge is 0.243 e. The van der Waals surface area contributed by atoms with Crippen molar-refractivity contribution in [3.8, 4) is 0 Å². The predicted octanol–water partition coefficient (Wildman–Crippen LogP) is 3.96. The minimum absolute atomic E-state index is 0.103. The molecule has 0 N–H and O–H groups in total. The fourth-order valence-corrected chi connectivity index (χ4v) is 4.96. The Kier molecular flexibility index (Phi) is 5.41. The molecule has 0 spiro atoms. The molecule has 110 valence electrons. The molecule has 5 heteroatoms. The van der Waals surface area contributed by atoms with Crippen molar-refractivity contribution in [1.82, 2.24) is 4.31 Å². The van der Waals surface area contributed by atoms with E-state index in [0.717, 1.165) is 30.2 Å². The first kappa shape index (κ1) is 15.7. The van der Waals surface area contributed by atoms with Crippen LogP contribution in [-0.4, -0.2) is 25.3 Å². The number of nitrogens with zero attached hydrogens (tertiary/aromatic N) is 1. The third-order valence-electron chi connectivity index (χ3n) is 3.69. The topological polar surface area (TPSA) is 37.4 Å². The van der Waals surface area contributed by atoms with Crippen LogP contribution in [0.3, 0.4) is 0 Å². The van der Waals surface area contributed by atoms with Gasteiger partial charge in [0.25, 0.3) is 0 Å². The molecule has 3 nitrogen and oxygen atoms in total. The molecule has 0 aromatic heterocycles. The van der Waals surface area contributed by atoms with Crippen LogP contribution in [0.15, 0.2) is 46.3 Å². The average Bonchev–Trinajstić information content (AvgIpc) is 2.45. The standard InChI is InChI=1S/C15H20BrNO2S/c1-2-11-17(14-8-4-3-5-9-14)20(18,19)15-10-6-7-13(16)12-15/h2,6-7,10,12,14H,1,3-5,8-9,11H2. The third kappa shape index (κ3) is 3.51. The van der Waals surface area contributed by atoms with Gasteiger partial charge in [-0.3, -0.25) is 0 Å². The highest BCUT2D eigenvalue weighted by atomic mass is 79.9. The summed E-state index contributed by atoms with van der Waals surface area (Å²) in [6.45, 7) is 4.08. The predicted molar refractivity (Wildman–Crippen MR) is 85.1 cm³/mol. The summed E-state index contributed by atoms with van der Waals surface area (Å²) in [5.41, 5.74) is 0. The Morgan fingerprint density at radius 1 is 1.30 bits per heavy atom. The third-order valence-corrected chi connectivity index (χ3v) is 6.10. The lowest BCUT2D eigenvalue weighted by atomic mass is 9.95. The van der Waals surface area contributed by atoms with Gasteiger partial charge in [-0.25, -0.2) is 8.42 Å². The first-order chi connectivity index (χ1) is 9.55. The minimum atomic E-state index is -3.45. The van der Waals surface area contributed by atoms with Crippen LogP contribution in [0.5, 0.6) is 0 Å². The molecule has 1 aromatic carbocycles. The lowest BCUT2D eigenvalue weighted by Gasteiger charge is -2.32. The van der Waals surface area contributed by atoms with E-state index in [9.17, 15) is 8.42 Å². The number of benzene rings is 1. The zero-order valence-electron chi connectivity index (χ0n) is 11.5. The Labute approximate surface area is 129 Å². The zero-order valence-corrected chi connectivity index (χ0v) is 13.9. The van der Waals surface area contributed by atoms with Crippen LogP contribution in [0, 0.1) is 0 Å². The Balaban J connectivity index is 2.33. The van der Waals surface area contributed by atoms with Crippen molar-refractivity contribution in [3.05, 3.63) is 41.4 Å². The number of hydrogen-bond acceptors (Lipinski definition) is 2. The van der Waals surface area contributed by atoms with Crippen molar-refractivity contribution < 1.29 is 8.42 Å². The molecular formula is C15H20BrNO2S. The number of halogens is 1. The highest BCUT2D eigenvalue weighted by Crippen LogP contribution is 2.28. The highest BCUT2D eigenvalue weighted by molar-refractivity contribution is 9.10. The van der Waals surface area contributed by atoms with Gasteiger partial charge < -0.3 is 0 Å². The summed E-state index contributed by atoms with van der Waals surface area (Å²) in [7, 11) is -3.45. The summed E-state index contributed by atoms with van der Waals surface area (Å²) in [4.78, 5) is 0.347. The minimum Gasteiger partial charge on any atom is -0.207 e. The summed E-state index contributed by atoms with van der Waals surface area (Å²) in [6, 6.07) is 7.00. The molecule has 1 fully saturated rings. The zero-order chi connectivity index (χ0) is 14.6. The quantitative estimate of drug-likeness (QED) is 0.748. The van der Waals surface area contributed by atoms with Crippen LogP contribution in [0.25, 0.3) is 0 Å². The number of sulfonamides is 1. The van der Waals surface area contributed by atoms with E-state index in [1.54, 1.807) is 28.6 Å². The molecule has 1 aliphatic rings. The van der Waals surface area contributed by atoms with Crippen LogP contribution in [0.4, 0.5) is 0 Å². The first-order valence-electron chi connectivity index (χ1n) is 6.94. The number of hydrogen-bond donors (Lipinski definition) is 0. The van der Waals surface area contributed by atoms with E-state index in [0.29, 0.717) is 11.4 Å². The summed E-state index contributed by atoms with van der Waals surface area (Å²) in [6.07, 6.45) is 6.97. The molecule has 0 heterocycles. The molecule has 0 unspecified atom stereocenters. The SMILES string of the molecule is C=CCN(C1CCCCC1)S(=O)(=O)c1cccc(Br)c1. The van der Waals surface area contributed by atoms with Gasteiger partial charge >= 0.3 is 0 Å².